The molecule has 1 nitrogen and oxygen atoms in total. The molecule has 0 unspecified atom stereocenters. The molecule has 2 heteroatoms. The van der Waals surface area contributed by atoms with Crippen molar-refractivity contribution >= 4 is 24.7 Å². The summed E-state index contributed by atoms with van der Waals surface area (Å²) in [6.07, 6.45) is 0. The van der Waals surface area contributed by atoms with Crippen LogP contribution >= 0.6 is 0 Å². The van der Waals surface area contributed by atoms with Crippen molar-refractivity contribution in [3.8, 4) is 0 Å². The van der Waals surface area contributed by atoms with Crippen LogP contribution in [0.3, 0.4) is 0 Å². The molecule has 0 spiro atoms. The second-order valence-electron chi connectivity index (χ2n) is 4.23. The van der Waals surface area contributed by atoms with Crippen LogP contribution in [0.2, 0.25) is 3.43 Å². The number of benzene rings is 1. The molecule has 0 bridgehead atoms. The van der Waals surface area contributed by atoms with Gasteiger partial charge in [-0.2, -0.15) is 0 Å². The van der Waals surface area contributed by atoms with Gasteiger partial charge in [0.1, 0.15) is 0 Å². The maximum atomic E-state index is 8.98. The van der Waals surface area contributed by atoms with E-state index in [4.69, 9.17) is 5.11 Å². The second kappa shape index (κ2) is 4.47. The van der Waals surface area contributed by atoms with E-state index >= 15 is 0 Å². The van der Waals surface area contributed by atoms with E-state index < -0.39 is 21.1 Å². The van der Waals surface area contributed by atoms with E-state index in [0.717, 1.165) is 5.56 Å². The van der Waals surface area contributed by atoms with Crippen LogP contribution in [-0.2, 0) is 6.61 Å². The molecule has 1 aromatic rings. The minimum absolute atomic E-state index is 0.164. The molecule has 0 aliphatic heterocycles. The first kappa shape index (κ1) is 11.1. The molecule has 1 aromatic carbocycles. The normalized spacial score (nSPS) is 11.7. The Morgan fingerprint density at radius 1 is 1.31 bits per heavy atom. The molecule has 0 fully saturated rings. The van der Waals surface area contributed by atoms with Crippen LogP contribution in [0.25, 0.3) is 0 Å². The van der Waals surface area contributed by atoms with E-state index in [1.807, 2.05) is 12.1 Å². The number of rotatable bonds is 2. The molecule has 0 heterocycles. The van der Waals surface area contributed by atoms with Crippen molar-refractivity contribution in [2.24, 2.45) is 0 Å². The van der Waals surface area contributed by atoms with Crippen molar-refractivity contribution < 1.29 is 5.11 Å². The van der Waals surface area contributed by atoms with Crippen LogP contribution in [0, 0.1) is 0 Å². The van der Waals surface area contributed by atoms with Gasteiger partial charge in [-0.25, -0.2) is 0 Å². The Morgan fingerprint density at radius 3 is 2.54 bits per heavy atom. The zero-order chi connectivity index (χ0) is 9.90. The number of hydrogen-bond acceptors (Lipinski definition) is 1. The Labute approximate surface area is 90.4 Å². The summed E-state index contributed by atoms with van der Waals surface area (Å²) in [6, 6.07) is 8.37. The molecule has 2 radical (unpaired) electrons. The fourth-order valence-electron chi connectivity index (χ4n) is 1.18. The Hall–Kier alpha value is -0.0213. The number of hydrogen-bond donors (Lipinski definition) is 1. The summed E-state index contributed by atoms with van der Waals surface area (Å²) in [5, 5.41) is 8.98. The molecule has 0 saturated carbocycles. The fraction of sp³-hybridized carbons (Fsp3) is 0.455. The van der Waals surface area contributed by atoms with Gasteiger partial charge in [0.25, 0.3) is 0 Å². The quantitative estimate of drug-likeness (QED) is 0.819. The summed E-state index contributed by atoms with van der Waals surface area (Å²) < 4.78 is 1.96. The third-order valence-electron chi connectivity index (χ3n) is 1.63. The molecular formula is C11H16OSn. The van der Waals surface area contributed by atoms with Crippen molar-refractivity contribution in [3.63, 3.8) is 0 Å². The first-order valence-corrected chi connectivity index (χ1v) is 7.35. The molecule has 1 N–H and O–H groups in total. The van der Waals surface area contributed by atoms with Gasteiger partial charge >= 0.3 is 90.5 Å². The average molecular weight is 283 g/mol. The van der Waals surface area contributed by atoms with E-state index in [9.17, 15) is 0 Å². The predicted octanol–water partition coefficient (Wildman–Crippen LogP) is 1.73. The molecule has 0 saturated heterocycles. The molecule has 70 valence electrons. The second-order valence-corrected chi connectivity index (χ2v) is 10.9. The van der Waals surface area contributed by atoms with E-state index in [1.165, 1.54) is 3.58 Å². The minimum atomic E-state index is -0.500. The molecule has 0 aliphatic carbocycles. The van der Waals surface area contributed by atoms with Gasteiger partial charge in [0.15, 0.2) is 0 Å². The SMILES string of the molecule is C[C](C)(C)[Sn][c]1cccc(CO)c1. The van der Waals surface area contributed by atoms with Crippen LogP contribution in [0.4, 0.5) is 0 Å². The topological polar surface area (TPSA) is 20.2 Å². The molecule has 0 atom stereocenters. The van der Waals surface area contributed by atoms with E-state index in [1.54, 1.807) is 0 Å². The number of aliphatic hydroxyl groups excluding tert-OH is 1. The zero-order valence-electron chi connectivity index (χ0n) is 8.46. The van der Waals surface area contributed by atoms with E-state index in [0.29, 0.717) is 3.43 Å². The first-order valence-electron chi connectivity index (χ1n) is 4.49. The summed E-state index contributed by atoms with van der Waals surface area (Å²) in [5.41, 5.74) is 1.04. The molecule has 1 rings (SSSR count). The van der Waals surface area contributed by atoms with Crippen molar-refractivity contribution in [2.45, 2.75) is 30.8 Å². The van der Waals surface area contributed by atoms with Crippen molar-refractivity contribution in [1.29, 1.82) is 0 Å². The summed E-state index contributed by atoms with van der Waals surface area (Å²) in [7, 11) is 0. The molecule has 0 aromatic heterocycles. The van der Waals surface area contributed by atoms with E-state index in [-0.39, 0.29) is 6.61 Å². The van der Waals surface area contributed by atoms with Crippen molar-refractivity contribution in [2.75, 3.05) is 0 Å². The summed E-state index contributed by atoms with van der Waals surface area (Å²) in [6.45, 7) is 7.05. The molecular weight excluding hydrogens is 267 g/mol. The average Bonchev–Trinajstić information content (AvgIpc) is 2.01. The Bertz CT molecular complexity index is 276. The van der Waals surface area contributed by atoms with Gasteiger partial charge in [0.05, 0.1) is 0 Å². The third-order valence-corrected chi connectivity index (χ3v) is 5.48. The summed E-state index contributed by atoms with van der Waals surface area (Å²) in [4.78, 5) is 0. The number of aliphatic hydroxyl groups is 1. The van der Waals surface area contributed by atoms with Gasteiger partial charge in [0, 0.05) is 0 Å². The van der Waals surface area contributed by atoms with Crippen molar-refractivity contribution in [3.05, 3.63) is 29.8 Å². The van der Waals surface area contributed by atoms with E-state index in [2.05, 4.69) is 32.9 Å². The van der Waals surface area contributed by atoms with Crippen LogP contribution < -0.4 is 3.58 Å². The third kappa shape index (κ3) is 4.14. The van der Waals surface area contributed by atoms with Crippen LogP contribution in [0.5, 0.6) is 0 Å². The van der Waals surface area contributed by atoms with Crippen LogP contribution in [0.1, 0.15) is 26.3 Å². The standard InChI is InChI=1S/C7H7O.C4H9.Sn/c8-6-7-4-2-1-3-5-7;1-4(2)3;/h1-2,4-5,8H,6H2;1-3H3;. The van der Waals surface area contributed by atoms with Gasteiger partial charge in [-0.3, -0.25) is 0 Å². The first-order chi connectivity index (χ1) is 6.01. The van der Waals surface area contributed by atoms with Gasteiger partial charge in [0.2, 0.25) is 0 Å². The van der Waals surface area contributed by atoms with Gasteiger partial charge in [-0.1, -0.05) is 0 Å². The zero-order valence-corrected chi connectivity index (χ0v) is 11.3. The Balaban J connectivity index is 2.78. The predicted molar refractivity (Wildman–Crippen MR) is 57.5 cm³/mol. The van der Waals surface area contributed by atoms with Gasteiger partial charge < -0.3 is 0 Å². The van der Waals surface area contributed by atoms with Crippen LogP contribution in [0.15, 0.2) is 24.3 Å². The fourth-order valence-corrected chi connectivity index (χ4v) is 4.90. The summed E-state index contributed by atoms with van der Waals surface area (Å²) in [5.74, 6) is 0. The monoisotopic (exact) mass is 284 g/mol. The van der Waals surface area contributed by atoms with Gasteiger partial charge in [-0.05, 0) is 0 Å². The maximum absolute atomic E-state index is 8.98. The summed E-state index contributed by atoms with van der Waals surface area (Å²) >= 11 is -0.500. The van der Waals surface area contributed by atoms with Gasteiger partial charge in [-0.15, -0.1) is 0 Å². The molecule has 13 heavy (non-hydrogen) atoms. The molecule has 0 aliphatic rings. The Kier molecular flexibility index (Phi) is 3.80. The van der Waals surface area contributed by atoms with Crippen molar-refractivity contribution in [1.82, 2.24) is 0 Å². The molecule has 0 amide bonds. The Morgan fingerprint density at radius 2 is 2.00 bits per heavy atom. The van der Waals surface area contributed by atoms with Crippen LogP contribution in [-0.4, -0.2) is 26.2 Å².